The Morgan fingerprint density at radius 2 is 1.86 bits per heavy atom. The second-order valence-electron chi connectivity index (χ2n) is 6.38. The zero-order chi connectivity index (χ0) is 15.4. The van der Waals surface area contributed by atoms with E-state index in [1.54, 1.807) is 0 Å². The van der Waals surface area contributed by atoms with E-state index in [1.165, 1.54) is 18.6 Å². The van der Waals surface area contributed by atoms with Crippen molar-refractivity contribution in [3.8, 4) is 0 Å². The van der Waals surface area contributed by atoms with Crippen LogP contribution in [0.5, 0.6) is 0 Å². The molecule has 0 aliphatic carbocycles. The topological polar surface area (TPSA) is 15.3 Å². The minimum atomic E-state index is -0.509. The van der Waals surface area contributed by atoms with E-state index in [9.17, 15) is 8.78 Å². The van der Waals surface area contributed by atoms with Gasteiger partial charge in [-0.1, -0.05) is 13.8 Å². The largest absolute Gasteiger partial charge is 0.313 e. The molecule has 0 amide bonds. The first-order valence-corrected chi connectivity index (χ1v) is 7.85. The van der Waals surface area contributed by atoms with Crippen LogP contribution in [0.3, 0.4) is 0 Å². The summed E-state index contributed by atoms with van der Waals surface area (Å²) in [6, 6.07) is 3.75. The van der Waals surface area contributed by atoms with Crippen molar-refractivity contribution in [3.05, 3.63) is 35.4 Å². The summed E-state index contributed by atoms with van der Waals surface area (Å²) in [5.74, 6) is 0.494. The van der Waals surface area contributed by atoms with Crippen LogP contribution in [0.2, 0.25) is 0 Å². The summed E-state index contributed by atoms with van der Waals surface area (Å²) in [5.41, 5.74) is 0.688. The number of likely N-dealkylation sites (tertiary alicyclic amines) is 1. The van der Waals surface area contributed by atoms with Crippen molar-refractivity contribution in [2.75, 3.05) is 26.7 Å². The number of hydrogen-bond donors (Lipinski definition) is 1. The summed E-state index contributed by atoms with van der Waals surface area (Å²) < 4.78 is 26.7. The van der Waals surface area contributed by atoms with E-state index in [-0.39, 0.29) is 6.04 Å². The number of piperidine rings is 1. The second kappa shape index (κ2) is 7.32. The lowest BCUT2D eigenvalue weighted by molar-refractivity contribution is 0.133. The minimum absolute atomic E-state index is 0.00939. The monoisotopic (exact) mass is 296 g/mol. The van der Waals surface area contributed by atoms with Crippen LogP contribution in [-0.2, 0) is 0 Å². The summed E-state index contributed by atoms with van der Waals surface area (Å²) in [5, 5.41) is 3.17. The van der Waals surface area contributed by atoms with Crippen LogP contribution < -0.4 is 5.32 Å². The third kappa shape index (κ3) is 4.48. The first-order valence-electron chi connectivity index (χ1n) is 7.85. The maximum absolute atomic E-state index is 13.3. The predicted octanol–water partition coefficient (Wildman–Crippen LogP) is 3.59. The van der Waals surface area contributed by atoms with Gasteiger partial charge in [0, 0.05) is 18.7 Å². The van der Waals surface area contributed by atoms with Crippen molar-refractivity contribution in [3.63, 3.8) is 0 Å². The third-order valence-electron chi connectivity index (χ3n) is 4.79. The fourth-order valence-corrected chi connectivity index (χ4v) is 3.12. The molecular formula is C17H26F2N2. The molecule has 4 heteroatoms. The van der Waals surface area contributed by atoms with E-state index in [4.69, 9.17) is 0 Å². The van der Waals surface area contributed by atoms with Crippen LogP contribution in [0.1, 0.15) is 38.3 Å². The molecule has 1 aliphatic rings. The quantitative estimate of drug-likeness (QED) is 0.893. The van der Waals surface area contributed by atoms with E-state index in [2.05, 4.69) is 24.1 Å². The molecule has 0 aromatic heterocycles. The lowest BCUT2D eigenvalue weighted by atomic mass is 9.88. The Labute approximate surface area is 126 Å². The number of benzene rings is 1. The van der Waals surface area contributed by atoms with Crippen molar-refractivity contribution in [1.29, 1.82) is 0 Å². The molecular weight excluding hydrogens is 270 g/mol. The highest BCUT2D eigenvalue weighted by Gasteiger charge is 2.23. The van der Waals surface area contributed by atoms with E-state index in [0.29, 0.717) is 5.56 Å². The zero-order valence-corrected chi connectivity index (χ0v) is 13.2. The Bertz CT molecular complexity index is 444. The molecule has 0 radical (unpaired) electrons. The van der Waals surface area contributed by atoms with Crippen molar-refractivity contribution in [1.82, 2.24) is 10.2 Å². The van der Waals surface area contributed by atoms with Crippen molar-refractivity contribution in [2.45, 2.75) is 32.7 Å². The molecule has 1 N–H and O–H groups in total. The number of hydrogen-bond acceptors (Lipinski definition) is 2. The minimum Gasteiger partial charge on any atom is -0.313 e. The van der Waals surface area contributed by atoms with E-state index < -0.39 is 11.6 Å². The van der Waals surface area contributed by atoms with Gasteiger partial charge in [0.15, 0.2) is 0 Å². The molecule has 2 rings (SSSR count). The highest BCUT2D eigenvalue weighted by molar-refractivity contribution is 5.21. The van der Waals surface area contributed by atoms with Gasteiger partial charge in [0.1, 0.15) is 11.6 Å². The fraction of sp³-hybridized carbons (Fsp3) is 0.647. The Balaban J connectivity index is 1.93. The Hall–Kier alpha value is -1.00. The van der Waals surface area contributed by atoms with Crippen LogP contribution in [0.25, 0.3) is 0 Å². The Morgan fingerprint density at radius 3 is 2.43 bits per heavy atom. The molecule has 0 spiro atoms. The molecule has 1 aromatic rings. The van der Waals surface area contributed by atoms with Crippen LogP contribution in [0, 0.1) is 23.5 Å². The predicted molar refractivity (Wildman–Crippen MR) is 82.2 cm³/mol. The molecule has 0 bridgehead atoms. The summed E-state index contributed by atoms with van der Waals surface area (Å²) >= 11 is 0. The van der Waals surface area contributed by atoms with Crippen LogP contribution in [0.15, 0.2) is 18.2 Å². The van der Waals surface area contributed by atoms with Gasteiger partial charge in [-0.2, -0.15) is 0 Å². The first kappa shape index (κ1) is 16.4. The third-order valence-corrected chi connectivity index (χ3v) is 4.79. The molecule has 118 valence electrons. The number of halogens is 2. The maximum atomic E-state index is 13.3. The number of nitrogens with one attached hydrogen (secondary N) is 1. The normalized spacial score (nSPS) is 25.0. The summed E-state index contributed by atoms with van der Waals surface area (Å²) in [4.78, 5) is 2.46. The summed E-state index contributed by atoms with van der Waals surface area (Å²) in [6.45, 7) is 7.82. The Morgan fingerprint density at radius 1 is 1.19 bits per heavy atom. The van der Waals surface area contributed by atoms with Crippen LogP contribution in [-0.4, -0.2) is 31.6 Å². The van der Waals surface area contributed by atoms with Gasteiger partial charge in [-0.25, -0.2) is 8.78 Å². The van der Waals surface area contributed by atoms with Gasteiger partial charge >= 0.3 is 0 Å². The molecule has 1 heterocycles. The van der Waals surface area contributed by atoms with Crippen molar-refractivity contribution >= 4 is 0 Å². The number of rotatable bonds is 5. The zero-order valence-electron chi connectivity index (χ0n) is 13.2. The fourth-order valence-electron chi connectivity index (χ4n) is 3.12. The lowest BCUT2D eigenvalue weighted by Gasteiger charge is -2.36. The van der Waals surface area contributed by atoms with Gasteiger partial charge in [-0.15, -0.1) is 0 Å². The molecule has 2 nitrogen and oxygen atoms in total. The molecule has 21 heavy (non-hydrogen) atoms. The van der Waals surface area contributed by atoms with Gasteiger partial charge in [0.05, 0.1) is 0 Å². The SMILES string of the molecule is CNC(CCN1CCC(C)C(C)C1)c1cc(F)cc(F)c1. The van der Waals surface area contributed by atoms with Crippen molar-refractivity contribution in [2.24, 2.45) is 11.8 Å². The molecule has 3 unspecified atom stereocenters. The summed E-state index contributed by atoms with van der Waals surface area (Å²) in [7, 11) is 1.84. The lowest BCUT2D eigenvalue weighted by Crippen LogP contribution is -2.39. The highest BCUT2D eigenvalue weighted by Crippen LogP contribution is 2.24. The molecule has 0 saturated carbocycles. The van der Waals surface area contributed by atoms with E-state index >= 15 is 0 Å². The van der Waals surface area contributed by atoms with Crippen LogP contribution in [0.4, 0.5) is 8.78 Å². The average Bonchev–Trinajstić information content (AvgIpc) is 2.42. The first-order chi connectivity index (χ1) is 9.99. The smallest absolute Gasteiger partial charge is 0.126 e. The molecule has 3 atom stereocenters. The van der Waals surface area contributed by atoms with Gasteiger partial charge in [-0.3, -0.25) is 0 Å². The van der Waals surface area contributed by atoms with E-state index in [0.717, 1.165) is 44.0 Å². The molecule has 1 saturated heterocycles. The van der Waals surface area contributed by atoms with E-state index in [1.807, 2.05) is 7.05 Å². The van der Waals surface area contributed by atoms with Gasteiger partial charge in [-0.05, 0) is 62.5 Å². The standard InChI is InChI=1S/C17H26F2N2/c1-12-4-6-21(11-13(12)2)7-5-17(20-3)14-8-15(18)10-16(19)9-14/h8-10,12-13,17,20H,4-7,11H2,1-3H3. The maximum Gasteiger partial charge on any atom is 0.126 e. The molecule has 1 aliphatic heterocycles. The second-order valence-corrected chi connectivity index (χ2v) is 6.38. The van der Waals surface area contributed by atoms with Crippen molar-refractivity contribution < 1.29 is 8.78 Å². The highest BCUT2D eigenvalue weighted by atomic mass is 19.1. The summed E-state index contributed by atoms with van der Waals surface area (Å²) in [6.07, 6.45) is 2.10. The van der Waals surface area contributed by atoms with Crippen LogP contribution >= 0.6 is 0 Å². The van der Waals surface area contributed by atoms with Gasteiger partial charge in [0.2, 0.25) is 0 Å². The average molecular weight is 296 g/mol. The Kier molecular flexibility index (Phi) is 5.71. The van der Waals surface area contributed by atoms with Gasteiger partial charge < -0.3 is 10.2 Å². The van der Waals surface area contributed by atoms with Gasteiger partial charge in [0.25, 0.3) is 0 Å². The molecule has 1 aromatic carbocycles. The number of nitrogens with zero attached hydrogens (tertiary/aromatic N) is 1. The molecule has 1 fully saturated rings.